The van der Waals surface area contributed by atoms with Gasteiger partial charge in [0.2, 0.25) is 11.8 Å². The molecule has 1 aromatic heterocycles. The molecule has 0 saturated heterocycles. The van der Waals surface area contributed by atoms with Crippen molar-refractivity contribution in [3.05, 3.63) is 48.5 Å². The second-order valence-corrected chi connectivity index (χ2v) is 4.80. The van der Waals surface area contributed by atoms with Crippen LogP contribution in [0, 0.1) is 0 Å². The molecule has 0 saturated carbocycles. The zero-order chi connectivity index (χ0) is 16.1. The Kier molecular flexibility index (Phi) is 4.52. The predicted octanol–water partition coefficient (Wildman–Crippen LogP) is 3.79. The lowest BCUT2D eigenvalue weighted by molar-refractivity contribution is 0.273. The summed E-state index contributed by atoms with van der Waals surface area (Å²) >= 11 is 0. The minimum absolute atomic E-state index is 0.0242. The average molecular weight is 313 g/mol. The molecule has 0 unspecified atom stereocenters. The molecule has 0 spiro atoms. The van der Waals surface area contributed by atoms with E-state index in [1.807, 2.05) is 37.4 Å². The number of ether oxygens (including phenoxy) is 1. The van der Waals surface area contributed by atoms with Gasteiger partial charge >= 0.3 is 0 Å². The van der Waals surface area contributed by atoms with Crippen LogP contribution in [0.25, 0.3) is 22.9 Å². The van der Waals surface area contributed by atoms with Crippen molar-refractivity contribution in [2.24, 2.45) is 0 Å². The SMILES string of the molecule is CNc1ccc(-c2nnc(-c3cccc(OCCF)c3)o2)cc1. The summed E-state index contributed by atoms with van der Waals surface area (Å²) < 4.78 is 23.2. The van der Waals surface area contributed by atoms with Crippen molar-refractivity contribution in [1.82, 2.24) is 10.2 Å². The second-order valence-electron chi connectivity index (χ2n) is 4.80. The number of hydrogen-bond acceptors (Lipinski definition) is 5. The van der Waals surface area contributed by atoms with E-state index in [0.717, 1.165) is 16.8 Å². The van der Waals surface area contributed by atoms with Crippen molar-refractivity contribution in [1.29, 1.82) is 0 Å². The zero-order valence-corrected chi connectivity index (χ0v) is 12.6. The Morgan fingerprint density at radius 3 is 2.48 bits per heavy atom. The normalized spacial score (nSPS) is 10.5. The lowest BCUT2D eigenvalue weighted by Crippen LogP contribution is -1.98. The van der Waals surface area contributed by atoms with Crippen molar-refractivity contribution < 1.29 is 13.5 Å². The van der Waals surface area contributed by atoms with E-state index in [9.17, 15) is 4.39 Å². The van der Waals surface area contributed by atoms with Crippen LogP contribution in [0.1, 0.15) is 0 Å². The largest absolute Gasteiger partial charge is 0.491 e. The fourth-order valence-corrected chi connectivity index (χ4v) is 2.11. The number of nitrogens with one attached hydrogen (secondary N) is 1. The first-order valence-electron chi connectivity index (χ1n) is 7.21. The number of halogens is 1. The van der Waals surface area contributed by atoms with Gasteiger partial charge in [0.15, 0.2) is 0 Å². The van der Waals surface area contributed by atoms with E-state index in [2.05, 4.69) is 15.5 Å². The summed E-state index contributed by atoms with van der Waals surface area (Å²) in [6, 6.07) is 14.8. The van der Waals surface area contributed by atoms with E-state index in [1.165, 1.54) is 0 Å². The Labute approximate surface area is 133 Å². The van der Waals surface area contributed by atoms with Gasteiger partial charge in [-0.05, 0) is 42.5 Å². The topological polar surface area (TPSA) is 60.2 Å². The molecule has 0 atom stereocenters. The van der Waals surface area contributed by atoms with Gasteiger partial charge in [-0.2, -0.15) is 0 Å². The van der Waals surface area contributed by atoms with Crippen LogP contribution in [0.5, 0.6) is 5.75 Å². The average Bonchev–Trinajstić information content (AvgIpc) is 3.10. The van der Waals surface area contributed by atoms with Crippen LogP contribution >= 0.6 is 0 Å². The highest BCUT2D eigenvalue weighted by molar-refractivity contribution is 5.61. The summed E-state index contributed by atoms with van der Waals surface area (Å²) in [6.07, 6.45) is 0. The van der Waals surface area contributed by atoms with E-state index in [1.54, 1.807) is 18.2 Å². The van der Waals surface area contributed by atoms with Crippen molar-refractivity contribution in [3.8, 4) is 28.7 Å². The Bertz CT molecular complexity index is 772. The highest BCUT2D eigenvalue weighted by atomic mass is 19.1. The van der Waals surface area contributed by atoms with Gasteiger partial charge in [0, 0.05) is 23.9 Å². The minimum Gasteiger partial charge on any atom is -0.491 e. The molecule has 0 fully saturated rings. The molecular formula is C17H16FN3O2. The van der Waals surface area contributed by atoms with Crippen LogP contribution in [0.15, 0.2) is 52.9 Å². The van der Waals surface area contributed by atoms with Gasteiger partial charge in [0.25, 0.3) is 0 Å². The molecule has 2 aromatic carbocycles. The lowest BCUT2D eigenvalue weighted by Gasteiger charge is -2.04. The zero-order valence-electron chi connectivity index (χ0n) is 12.6. The van der Waals surface area contributed by atoms with Crippen molar-refractivity contribution in [2.75, 3.05) is 25.6 Å². The monoisotopic (exact) mass is 313 g/mol. The Balaban J connectivity index is 1.83. The van der Waals surface area contributed by atoms with Crippen molar-refractivity contribution in [3.63, 3.8) is 0 Å². The first-order valence-corrected chi connectivity index (χ1v) is 7.21. The van der Waals surface area contributed by atoms with Crippen molar-refractivity contribution in [2.45, 2.75) is 0 Å². The first kappa shape index (κ1) is 15.0. The summed E-state index contributed by atoms with van der Waals surface area (Å²) in [5.74, 6) is 1.40. The molecule has 3 aromatic rings. The van der Waals surface area contributed by atoms with Gasteiger partial charge in [-0.15, -0.1) is 10.2 Å². The molecule has 0 bridgehead atoms. The molecular weight excluding hydrogens is 297 g/mol. The van der Waals surface area contributed by atoms with Crippen LogP contribution in [0.2, 0.25) is 0 Å². The third kappa shape index (κ3) is 3.48. The van der Waals surface area contributed by atoms with Crippen LogP contribution in [0.3, 0.4) is 0 Å². The maximum Gasteiger partial charge on any atom is 0.248 e. The predicted molar refractivity (Wildman–Crippen MR) is 86.2 cm³/mol. The standard InChI is InChI=1S/C17H16FN3O2/c1-19-14-7-5-12(6-8-14)16-20-21-17(23-16)13-3-2-4-15(11-13)22-10-9-18/h2-8,11,19H,9-10H2,1H3. The van der Waals surface area contributed by atoms with Crippen LogP contribution in [-0.2, 0) is 0 Å². The lowest BCUT2D eigenvalue weighted by atomic mass is 10.2. The highest BCUT2D eigenvalue weighted by Crippen LogP contribution is 2.27. The van der Waals surface area contributed by atoms with Crippen molar-refractivity contribution >= 4 is 5.69 Å². The maximum absolute atomic E-state index is 12.2. The van der Waals surface area contributed by atoms with E-state index < -0.39 is 6.67 Å². The van der Waals surface area contributed by atoms with E-state index in [0.29, 0.717) is 17.5 Å². The van der Waals surface area contributed by atoms with Gasteiger partial charge in [-0.25, -0.2) is 4.39 Å². The third-order valence-corrected chi connectivity index (χ3v) is 3.27. The fraction of sp³-hybridized carbons (Fsp3) is 0.176. The number of alkyl halides is 1. The summed E-state index contributed by atoms with van der Waals surface area (Å²) in [7, 11) is 1.86. The van der Waals surface area contributed by atoms with Crippen LogP contribution < -0.4 is 10.1 Å². The molecule has 23 heavy (non-hydrogen) atoms. The molecule has 6 heteroatoms. The Morgan fingerprint density at radius 1 is 1.04 bits per heavy atom. The molecule has 0 radical (unpaired) electrons. The molecule has 0 aliphatic rings. The fourth-order valence-electron chi connectivity index (χ4n) is 2.11. The van der Waals surface area contributed by atoms with Gasteiger partial charge in [0.05, 0.1) is 0 Å². The Hall–Kier alpha value is -2.89. The number of nitrogens with zero attached hydrogens (tertiary/aromatic N) is 2. The summed E-state index contributed by atoms with van der Waals surface area (Å²) in [5, 5.41) is 11.2. The molecule has 118 valence electrons. The Morgan fingerprint density at radius 2 is 1.78 bits per heavy atom. The number of rotatable bonds is 6. The molecule has 0 amide bonds. The molecule has 1 N–H and O–H groups in total. The van der Waals surface area contributed by atoms with Gasteiger partial charge in [-0.1, -0.05) is 6.07 Å². The first-order chi connectivity index (χ1) is 11.3. The van der Waals surface area contributed by atoms with E-state index in [-0.39, 0.29) is 6.61 Å². The molecule has 3 rings (SSSR count). The molecule has 0 aliphatic heterocycles. The summed E-state index contributed by atoms with van der Waals surface area (Å²) in [6.45, 7) is -0.506. The molecule has 1 heterocycles. The van der Waals surface area contributed by atoms with Gasteiger partial charge in [-0.3, -0.25) is 0 Å². The maximum atomic E-state index is 12.2. The highest BCUT2D eigenvalue weighted by Gasteiger charge is 2.11. The van der Waals surface area contributed by atoms with E-state index >= 15 is 0 Å². The van der Waals surface area contributed by atoms with E-state index in [4.69, 9.17) is 9.15 Å². The minimum atomic E-state index is -0.530. The summed E-state index contributed by atoms with van der Waals surface area (Å²) in [5.41, 5.74) is 2.57. The number of benzene rings is 2. The summed E-state index contributed by atoms with van der Waals surface area (Å²) in [4.78, 5) is 0. The smallest absolute Gasteiger partial charge is 0.248 e. The number of aromatic nitrogens is 2. The van der Waals surface area contributed by atoms with Crippen LogP contribution in [0.4, 0.5) is 10.1 Å². The second kappa shape index (κ2) is 6.91. The number of hydrogen-bond donors (Lipinski definition) is 1. The van der Waals surface area contributed by atoms with Crippen LogP contribution in [-0.4, -0.2) is 30.5 Å². The van der Waals surface area contributed by atoms with Gasteiger partial charge < -0.3 is 14.5 Å². The quantitative estimate of drug-likeness (QED) is 0.750. The number of anilines is 1. The third-order valence-electron chi connectivity index (χ3n) is 3.27. The van der Waals surface area contributed by atoms with Gasteiger partial charge in [0.1, 0.15) is 19.0 Å². The molecule has 0 aliphatic carbocycles. The molecule has 5 nitrogen and oxygen atoms in total.